The second kappa shape index (κ2) is 7.04. The zero-order chi connectivity index (χ0) is 17.9. The second-order valence-electron chi connectivity index (χ2n) is 6.64. The van der Waals surface area contributed by atoms with Crippen molar-refractivity contribution in [2.75, 3.05) is 0 Å². The molecule has 1 amide bonds. The topological polar surface area (TPSA) is 66.6 Å². The van der Waals surface area contributed by atoms with Crippen molar-refractivity contribution in [2.24, 2.45) is 5.92 Å². The summed E-state index contributed by atoms with van der Waals surface area (Å²) in [6.07, 6.45) is 6.01. The summed E-state index contributed by atoms with van der Waals surface area (Å²) in [4.78, 5) is 19.0. The van der Waals surface area contributed by atoms with E-state index >= 15 is 0 Å². The average molecular weight is 348 g/mol. The van der Waals surface area contributed by atoms with Gasteiger partial charge in [0.25, 0.3) is 0 Å². The molecule has 26 heavy (non-hydrogen) atoms. The van der Waals surface area contributed by atoms with Crippen molar-refractivity contribution in [1.82, 2.24) is 9.88 Å². The fourth-order valence-electron chi connectivity index (χ4n) is 3.32. The summed E-state index contributed by atoms with van der Waals surface area (Å²) >= 11 is 0. The fourth-order valence-corrected chi connectivity index (χ4v) is 3.32. The maximum absolute atomic E-state index is 13.1. The van der Waals surface area contributed by atoms with Gasteiger partial charge >= 0.3 is 0 Å². The van der Waals surface area contributed by atoms with Crippen molar-refractivity contribution in [3.05, 3.63) is 84.1 Å². The summed E-state index contributed by atoms with van der Waals surface area (Å²) in [5.74, 6) is 1.19. The van der Waals surface area contributed by atoms with Crippen molar-refractivity contribution in [1.29, 1.82) is 0 Å². The smallest absolute Gasteiger partial charge is 0.227 e. The summed E-state index contributed by atoms with van der Waals surface area (Å²) in [6, 6.07) is 14.7. The fraction of sp³-hybridized carbons (Fsp3) is 0.238. The Kier molecular flexibility index (Phi) is 4.44. The number of benzene rings is 1. The highest BCUT2D eigenvalue weighted by Crippen LogP contribution is 2.48. The maximum atomic E-state index is 13.1. The minimum atomic E-state index is -0.0417. The van der Waals surface area contributed by atoms with Crippen LogP contribution in [0.1, 0.15) is 29.2 Å². The van der Waals surface area contributed by atoms with Gasteiger partial charge in [-0.05, 0) is 42.2 Å². The van der Waals surface area contributed by atoms with E-state index in [1.54, 1.807) is 29.5 Å². The molecule has 0 saturated heterocycles. The molecule has 1 aliphatic carbocycles. The van der Waals surface area contributed by atoms with E-state index in [0.717, 1.165) is 23.3 Å². The molecule has 0 aliphatic heterocycles. The summed E-state index contributed by atoms with van der Waals surface area (Å²) in [7, 11) is 0. The van der Waals surface area contributed by atoms with Crippen LogP contribution in [0.2, 0.25) is 0 Å². The van der Waals surface area contributed by atoms with Crippen molar-refractivity contribution in [3.63, 3.8) is 0 Å². The Morgan fingerprint density at radius 1 is 1.15 bits per heavy atom. The van der Waals surface area contributed by atoms with Gasteiger partial charge < -0.3 is 14.4 Å². The van der Waals surface area contributed by atoms with Crippen LogP contribution in [0.5, 0.6) is 5.75 Å². The number of aromatic hydroxyl groups is 1. The molecule has 0 unspecified atom stereocenters. The van der Waals surface area contributed by atoms with Gasteiger partial charge in [0.2, 0.25) is 5.91 Å². The monoisotopic (exact) mass is 348 g/mol. The zero-order valence-corrected chi connectivity index (χ0v) is 14.3. The standard InChI is InChI=1S/C21H20N2O3/c24-20-8-2-1-5-16(20)13-23(14-17-7-4-10-26-17)21(25)19-11-18(19)15-6-3-9-22-12-15/h1-10,12,18-19,24H,11,13-14H2/t18-,19-/m1/s1. The van der Waals surface area contributed by atoms with Crippen LogP contribution in [0.15, 0.2) is 71.6 Å². The third kappa shape index (κ3) is 3.47. The predicted molar refractivity (Wildman–Crippen MR) is 96.2 cm³/mol. The molecule has 2 atom stereocenters. The minimum absolute atomic E-state index is 0.0417. The molecule has 1 N–H and O–H groups in total. The first-order valence-corrected chi connectivity index (χ1v) is 8.70. The zero-order valence-electron chi connectivity index (χ0n) is 14.3. The molecule has 1 aliphatic rings. The number of carbonyl (C=O) groups is 1. The Hall–Kier alpha value is -3.08. The third-order valence-electron chi connectivity index (χ3n) is 4.81. The molecule has 3 aromatic rings. The summed E-state index contributed by atoms with van der Waals surface area (Å²) in [5, 5.41) is 10.1. The van der Waals surface area contributed by atoms with E-state index in [9.17, 15) is 9.90 Å². The number of hydrogen-bond donors (Lipinski definition) is 1. The molecule has 1 aromatic carbocycles. The highest BCUT2D eigenvalue weighted by Gasteiger charge is 2.46. The number of pyridine rings is 1. The van der Waals surface area contributed by atoms with Gasteiger partial charge in [0.1, 0.15) is 11.5 Å². The molecule has 0 spiro atoms. The average Bonchev–Trinajstić information content (AvgIpc) is 3.31. The lowest BCUT2D eigenvalue weighted by Gasteiger charge is -2.22. The molecule has 4 rings (SSSR count). The molecular weight excluding hydrogens is 328 g/mol. The number of amides is 1. The molecule has 1 fully saturated rings. The van der Waals surface area contributed by atoms with Gasteiger partial charge in [-0.3, -0.25) is 9.78 Å². The lowest BCUT2D eigenvalue weighted by Crippen LogP contribution is -2.31. The van der Waals surface area contributed by atoms with Crippen LogP contribution in [-0.2, 0) is 17.9 Å². The van der Waals surface area contributed by atoms with Crippen LogP contribution in [-0.4, -0.2) is 20.9 Å². The van der Waals surface area contributed by atoms with Crippen LogP contribution in [0.25, 0.3) is 0 Å². The van der Waals surface area contributed by atoms with E-state index in [1.807, 2.05) is 42.6 Å². The lowest BCUT2D eigenvalue weighted by atomic mass is 10.1. The van der Waals surface area contributed by atoms with Crippen molar-refractivity contribution < 1.29 is 14.3 Å². The van der Waals surface area contributed by atoms with E-state index in [0.29, 0.717) is 13.1 Å². The summed E-state index contributed by atoms with van der Waals surface area (Å²) < 4.78 is 5.43. The van der Waals surface area contributed by atoms with Crippen LogP contribution in [0.3, 0.4) is 0 Å². The van der Waals surface area contributed by atoms with Gasteiger partial charge in [-0.2, -0.15) is 0 Å². The number of hydrogen-bond acceptors (Lipinski definition) is 4. The molecule has 132 valence electrons. The quantitative estimate of drug-likeness (QED) is 0.737. The molecule has 2 heterocycles. The van der Waals surface area contributed by atoms with Gasteiger partial charge in [0, 0.05) is 30.4 Å². The van der Waals surface area contributed by atoms with E-state index in [4.69, 9.17) is 4.42 Å². The van der Waals surface area contributed by atoms with Crippen molar-refractivity contribution in [3.8, 4) is 5.75 Å². The summed E-state index contributed by atoms with van der Waals surface area (Å²) in [5.41, 5.74) is 1.83. The number of para-hydroxylation sites is 1. The maximum Gasteiger partial charge on any atom is 0.227 e. The number of carbonyl (C=O) groups excluding carboxylic acids is 1. The number of rotatable bonds is 6. The van der Waals surface area contributed by atoms with Crippen LogP contribution >= 0.6 is 0 Å². The lowest BCUT2D eigenvalue weighted by molar-refractivity contribution is -0.134. The van der Waals surface area contributed by atoms with E-state index in [1.165, 1.54) is 0 Å². The van der Waals surface area contributed by atoms with Crippen LogP contribution in [0, 0.1) is 5.92 Å². The molecule has 5 nitrogen and oxygen atoms in total. The molecular formula is C21H20N2O3. The van der Waals surface area contributed by atoms with Crippen LogP contribution in [0.4, 0.5) is 0 Å². The van der Waals surface area contributed by atoms with Crippen molar-refractivity contribution in [2.45, 2.75) is 25.4 Å². The van der Waals surface area contributed by atoms with Gasteiger partial charge in [0.05, 0.1) is 12.8 Å². The van der Waals surface area contributed by atoms with Gasteiger partial charge in [-0.1, -0.05) is 24.3 Å². The molecule has 0 radical (unpaired) electrons. The Balaban J connectivity index is 1.53. The number of phenols is 1. The predicted octanol–water partition coefficient (Wildman–Crippen LogP) is 3.71. The first-order valence-electron chi connectivity index (χ1n) is 8.70. The molecule has 5 heteroatoms. The molecule has 2 aromatic heterocycles. The Morgan fingerprint density at radius 3 is 2.77 bits per heavy atom. The second-order valence-corrected chi connectivity index (χ2v) is 6.64. The summed E-state index contributed by atoms with van der Waals surface area (Å²) in [6.45, 7) is 0.735. The van der Waals surface area contributed by atoms with Crippen molar-refractivity contribution >= 4 is 5.91 Å². The van der Waals surface area contributed by atoms with Gasteiger partial charge in [-0.25, -0.2) is 0 Å². The van der Waals surface area contributed by atoms with Gasteiger partial charge in [-0.15, -0.1) is 0 Å². The highest BCUT2D eigenvalue weighted by atomic mass is 16.3. The number of nitrogens with zero attached hydrogens (tertiary/aromatic N) is 2. The molecule has 0 bridgehead atoms. The Labute approximate surface area is 151 Å². The number of aromatic nitrogens is 1. The largest absolute Gasteiger partial charge is 0.508 e. The minimum Gasteiger partial charge on any atom is -0.508 e. The first kappa shape index (κ1) is 16.4. The first-order chi connectivity index (χ1) is 12.7. The van der Waals surface area contributed by atoms with E-state index < -0.39 is 0 Å². The Bertz CT molecular complexity index is 877. The van der Waals surface area contributed by atoms with E-state index in [-0.39, 0.29) is 23.5 Å². The SMILES string of the molecule is O=C([C@@H]1C[C@@H]1c1cccnc1)N(Cc1ccco1)Cc1ccccc1O. The highest BCUT2D eigenvalue weighted by molar-refractivity contribution is 5.83. The molecule has 1 saturated carbocycles. The third-order valence-corrected chi connectivity index (χ3v) is 4.81. The number of phenolic OH excluding ortho intramolecular Hbond substituents is 1. The number of furan rings is 1. The van der Waals surface area contributed by atoms with Gasteiger partial charge in [0.15, 0.2) is 0 Å². The Morgan fingerprint density at radius 2 is 2.04 bits per heavy atom. The normalized spacial score (nSPS) is 18.5. The van der Waals surface area contributed by atoms with Crippen LogP contribution < -0.4 is 0 Å². The van der Waals surface area contributed by atoms with E-state index in [2.05, 4.69) is 4.98 Å².